The van der Waals surface area contributed by atoms with Crippen molar-refractivity contribution in [2.45, 2.75) is 34.6 Å². The van der Waals surface area contributed by atoms with Crippen molar-refractivity contribution in [1.29, 1.82) is 0 Å². The van der Waals surface area contributed by atoms with Crippen LogP contribution in [0.3, 0.4) is 0 Å². The lowest BCUT2D eigenvalue weighted by Gasteiger charge is -2.21. The molecule has 0 aliphatic rings. The van der Waals surface area contributed by atoms with Gasteiger partial charge in [0.2, 0.25) is 0 Å². The quantitative estimate of drug-likeness (QED) is 0.478. The van der Waals surface area contributed by atoms with Crippen molar-refractivity contribution in [3.63, 3.8) is 0 Å². The highest BCUT2D eigenvalue weighted by Crippen LogP contribution is 2.33. The van der Waals surface area contributed by atoms with Gasteiger partial charge in [0, 0.05) is 5.57 Å². The lowest BCUT2D eigenvalue weighted by molar-refractivity contribution is 0.567. The molecule has 0 bridgehead atoms. The summed E-state index contributed by atoms with van der Waals surface area (Å²) in [6.07, 6.45) is 4.14. The minimum atomic E-state index is 0.101. The topological polar surface area (TPSA) is 0 Å². The highest BCUT2D eigenvalue weighted by molar-refractivity contribution is 5.69. The van der Waals surface area contributed by atoms with E-state index in [0.29, 0.717) is 0 Å². The van der Waals surface area contributed by atoms with Gasteiger partial charge in [-0.2, -0.15) is 0 Å². The summed E-state index contributed by atoms with van der Waals surface area (Å²) >= 11 is 0. The van der Waals surface area contributed by atoms with E-state index in [0.717, 1.165) is 0 Å². The second-order valence-electron chi connectivity index (χ2n) is 5.30. The molecule has 0 fully saturated rings. The van der Waals surface area contributed by atoms with E-state index >= 15 is 0 Å². The molecule has 0 heteroatoms. The fourth-order valence-corrected chi connectivity index (χ4v) is 1.79. The Kier molecular flexibility index (Phi) is 4.54. The van der Waals surface area contributed by atoms with Gasteiger partial charge in [-0.15, -0.1) is 5.73 Å². The molecule has 0 aliphatic carbocycles. The first-order chi connectivity index (χ1) is 7.95. The van der Waals surface area contributed by atoms with Crippen molar-refractivity contribution in [2.75, 3.05) is 0 Å². The molecule has 0 radical (unpaired) electrons. The van der Waals surface area contributed by atoms with Crippen LogP contribution in [0, 0.1) is 5.41 Å². The molecule has 0 atom stereocenters. The maximum Gasteiger partial charge on any atom is 0.00684 e. The zero-order chi connectivity index (χ0) is 12.9. The zero-order valence-corrected chi connectivity index (χ0v) is 11.5. The third-order valence-corrected chi connectivity index (χ3v) is 2.55. The van der Waals surface area contributed by atoms with Crippen LogP contribution in [-0.2, 0) is 0 Å². The fraction of sp³-hybridized carbons (Fsp3) is 0.353. The lowest BCUT2D eigenvalue weighted by atomic mass is 9.82. The summed E-state index contributed by atoms with van der Waals surface area (Å²) in [6, 6.07) is 10.5. The molecule has 0 aromatic heterocycles. The average molecular weight is 226 g/mol. The number of allylic oxidation sites excluding steroid dienone is 3. The van der Waals surface area contributed by atoms with Crippen molar-refractivity contribution in [3.8, 4) is 0 Å². The Morgan fingerprint density at radius 1 is 1.12 bits per heavy atom. The van der Waals surface area contributed by atoms with Gasteiger partial charge in [0.15, 0.2) is 0 Å². The highest BCUT2D eigenvalue weighted by atomic mass is 14.2. The average Bonchev–Trinajstić information content (AvgIpc) is 2.26. The zero-order valence-electron chi connectivity index (χ0n) is 11.5. The van der Waals surface area contributed by atoms with Crippen molar-refractivity contribution < 1.29 is 0 Å². The van der Waals surface area contributed by atoms with E-state index in [-0.39, 0.29) is 5.41 Å². The molecule has 0 unspecified atom stereocenters. The first-order valence-corrected chi connectivity index (χ1v) is 6.11. The van der Waals surface area contributed by atoms with Crippen LogP contribution in [0.2, 0.25) is 0 Å². The maximum absolute atomic E-state index is 3.52. The summed E-state index contributed by atoms with van der Waals surface area (Å²) in [5.41, 5.74) is 7.30. The molecule has 1 aromatic rings. The molecule has 0 N–H and O–H groups in total. The molecular formula is C17H22. The minimum absolute atomic E-state index is 0.101. The molecule has 1 rings (SSSR count). The van der Waals surface area contributed by atoms with E-state index < -0.39 is 0 Å². The van der Waals surface area contributed by atoms with Gasteiger partial charge in [0.25, 0.3) is 0 Å². The van der Waals surface area contributed by atoms with Gasteiger partial charge in [0.05, 0.1) is 0 Å². The van der Waals surface area contributed by atoms with Gasteiger partial charge >= 0.3 is 0 Å². The number of hydrogen-bond acceptors (Lipinski definition) is 0. The monoisotopic (exact) mass is 226 g/mol. The third-order valence-electron chi connectivity index (χ3n) is 2.55. The summed E-state index contributed by atoms with van der Waals surface area (Å²) in [6.45, 7) is 10.8. The number of rotatable bonds is 2. The van der Waals surface area contributed by atoms with E-state index in [1.54, 1.807) is 0 Å². The van der Waals surface area contributed by atoms with Gasteiger partial charge in [0.1, 0.15) is 0 Å². The summed E-state index contributed by atoms with van der Waals surface area (Å²) in [7, 11) is 0. The first kappa shape index (κ1) is 13.5. The molecule has 0 saturated carbocycles. The third kappa shape index (κ3) is 4.09. The molecule has 0 heterocycles. The van der Waals surface area contributed by atoms with E-state index in [1.165, 1.54) is 16.7 Å². The summed E-state index contributed by atoms with van der Waals surface area (Å²) in [5, 5.41) is 0. The van der Waals surface area contributed by atoms with Gasteiger partial charge in [-0.1, -0.05) is 63.3 Å². The Bertz CT molecular complexity index is 447. The van der Waals surface area contributed by atoms with E-state index in [9.17, 15) is 0 Å². The molecule has 0 amide bonds. The fourth-order valence-electron chi connectivity index (χ4n) is 1.79. The van der Waals surface area contributed by atoms with Crippen LogP contribution in [0.15, 0.2) is 53.8 Å². The molecule has 0 nitrogen and oxygen atoms in total. The van der Waals surface area contributed by atoms with Crippen LogP contribution in [0.4, 0.5) is 0 Å². The SMILES string of the molecule is C/C=C/C(C)=C=C(c1ccccc1)C(C)(C)C. The van der Waals surface area contributed by atoms with Crippen LogP contribution < -0.4 is 0 Å². The number of benzene rings is 1. The highest BCUT2D eigenvalue weighted by Gasteiger charge is 2.18. The largest absolute Gasteiger partial charge is 0.113 e. The van der Waals surface area contributed by atoms with Gasteiger partial charge in [-0.25, -0.2) is 0 Å². The Labute approximate surface area is 105 Å². The second kappa shape index (κ2) is 5.70. The minimum Gasteiger partial charge on any atom is -0.113 e. The number of hydrogen-bond donors (Lipinski definition) is 0. The standard InChI is InChI=1S/C17H22/c1-6-10-14(2)13-16(17(3,4)5)15-11-8-7-9-12-15/h6-12H,1-5H3/b10-6+. The van der Waals surface area contributed by atoms with Crippen LogP contribution in [0.1, 0.15) is 40.2 Å². The van der Waals surface area contributed by atoms with E-state index in [4.69, 9.17) is 0 Å². The molecule has 90 valence electrons. The Morgan fingerprint density at radius 2 is 1.71 bits per heavy atom. The van der Waals surface area contributed by atoms with Crippen molar-refractivity contribution >= 4 is 5.57 Å². The van der Waals surface area contributed by atoms with Crippen LogP contribution in [0.5, 0.6) is 0 Å². The van der Waals surface area contributed by atoms with Crippen LogP contribution in [-0.4, -0.2) is 0 Å². The molecule has 0 saturated heterocycles. The van der Waals surface area contributed by atoms with Crippen LogP contribution in [0.25, 0.3) is 5.57 Å². The molecule has 0 aliphatic heterocycles. The van der Waals surface area contributed by atoms with Crippen molar-refractivity contribution in [2.24, 2.45) is 5.41 Å². The summed E-state index contributed by atoms with van der Waals surface area (Å²) in [4.78, 5) is 0. The van der Waals surface area contributed by atoms with Gasteiger partial charge in [-0.05, 0) is 30.4 Å². The molecule has 0 spiro atoms. The second-order valence-corrected chi connectivity index (χ2v) is 5.30. The van der Waals surface area contributed by atoms with Gasteiger partial charge in [-0.3, -0.25) is 0 Å². The lowest BCUT2D eigenvalue weighted by Crippen LogP contribution is -2.07. The van der Waals surface area contributed by atoms with Crippen LogP contribution >= 0.6 is 0 Å². The normalized spacial score (nSPS) is 11.4. The molecular weight excluding hydrogens is 204 g/mol. The predicted octanol–water partition coefficient (Wildman–Crippen LogP) is 5.24. The van der Waals surface area contributed by atoms with E-state index in [1.807, 2.05) is 19.1 Å². The molecule has 17 heavy (non-hydrogen) atoms. The van der Waals surface area contributed by atoms with E-state index in [2.05, 4.69) is 63.8 Å². The Morgan fingerprint density at radius 3 is 2.18 bits per heavy atom. The predicted molar refractivity (Wildman–Crippen MR) is 76.8 cm³/mol. The summed E-state index contributed by atoms with van der Waals surface area (Å²) in [5.74, 6) is 0. The maximum atomic E-state index is 3.52. The Hall–Kier alpha value is -1.52. The summed E-state index contributed by atoms with van der Waals surface area (Å²) < 4.78 is 0. The molecule has 1 aromatic carbocycles. The van der Waals surface area contributed by atoms with Gasteiger partial charge < -0.3 is 0 Å². The smallest absolute Gasteiger partial charge is 0.00684 e. The van der Waals surface area contributed by atoms with Crippen molar-refractivity contribution in [1.82, 2.24) is 0 Å². The van der Waals surface area contributed by atoms with Crippen molar-refractivity contribution in [3.05, 3.63) is 59.4 Å². The Balaban J connectivity index is 3.39. The first-order valence-electron chi connectivity index (χ1n) is 6.11.